The van der Waals surface area contributed by atoms with Crippen molar-refractivity contribution in [3.05, 3.63) is 69.3 Å². The standard InChI is InChI=1S/C23H16F4N4O6S3/c1-8-29-30-23(40-8)39-7-9-6-38-21-16(20(33)31(21)17(9)22(34)35)28-19(32)13-3-2-10(37-13)5-36-18-14(26)11(24)4-12(25)15(18)27/h2-4,16,21H,5-7H2,1H3,(H,28,32)(H,34,35)/t16-,21-/m0/s1. The molecule has 2 aliphatic heterocycles. The highest BCUT2D eigenvalue weighted by molar-refractivity contribution is 8.01. The summed E-state index contributed by atoms with van der Waals surface area (Å²) in [5.74, 6) is -10.5. The Balaban J connectivity index is 1.22. The van der Waals surface area contributed by atoms with E-state index in [-0.39, 0.29) is 23.3 Å². The summed E-state index contributed by atoms with van der Waals surface area (Å²) in [5.41, 5.74) is 0.394. The van der Waals surface area contributed by atoms with Crippen molar-refractivity contribution in [2.45, 2.75) is 29.3 Å². The quantitative estimate of drug-likeness (QED) is 0.159. The van der Waals surface area contributed by atoms with Gasteiger partial charge in [0.25, 0.3) is 11.8 Å². The van der Waals surface area contributed by atoms with Crippen LogP contribution in [-0.2, 0) is 16.2 Å². The van der Waals surface area contributed by atoms with Crippen LogP contribution in [0.25, 0.3) is 0 Å². The van der Waals surface area contributed by atoms with Crippen LogP contribution in [0, 0.1) is 30.2 Å². The lowest BCUT2D eigenvalue weighted by Crippen LogP contribution is -2.70. The van der Waals surface area contributed by atoms with Crippen molar-refractivity contribution in [1.29, 1.82) is 0 Å². The van der Waals surface area contributed by atoms with Gasteiger partial charge in [-0.2, -0.15) is 8.78 Å². The zero-order valence-corrected chi connectivity index (χ0v) is 22.5. The van der Waals surface area contributed by atoms with Crippen LogP contribution in [0.15, 0.2) is 38.2 Å². The van der Waals surface area contributed by atoms with E-state index in [2.05, 4.69) is 15.5 Å². The molecule has 2 N–H and O–H groups in total. The molecule has 0 spiro atoms. The first-order valence-corrected chi connectivity index (χ1v) is 14.1. The summed E-state index contributed by atoms with van der Waals surface area (Å²) in [5, 5.41) is 20.3. The van der Waals surface area contributed by atoms with Crippen molar-refractivity contribution in [3.8, 4) is 5.75 Å². The Labute approximate surface area is 234 Å². The molecular weight excluding hydrogens is 600 g/mol. The number of carbonyl (C=O) groups excluding carboxylic acids is 2. The topological polar surface area (TPSA) is 135 Å². The predicted molar refractivity (Wildman–Crippen MR) is 134 cm³/mol. The molecule has 3 aromatic rings. The summed E-state index contributed by atoms with van der Waals surface area (Å²) in [6.07, 6.45) is 0. The molecule has 17 heteroatoms. The second kappa shape index (κ2) is 11.1. The Hall–Kier alpha value is -3.57. The van der Waals surface area contributed by atoms with Gasteiger partial charge in [-0.05, 0) is 24.6 Å². The number of aromatic nitrogens is 2. The molecule has 1 saturated heterocycles. The number of β-lactam (4-membered cyclic amide) rings is 1. The number of nitrogens with zero attached hydrogens (tertiary/aromatic N) is 3. The lowest BCUT2D eigenvalue weighted by Gasteiger charge is -2.49. The maximum absolute atomic E-state index is 13.8. The SMILES string of the molecule is Cc1nnc(SCC2=C(C(=O)O)N3C(=O)[C@H](NC(=O)c4ccc(COc5c(F)c(F)cc(F)c5F)o4)[C@@H]3SC2)s1. The largest absolute Gasteiger partial charge is 0.479 e. The average Bonchev–Trinajstić information content (AvgIpc) is 3.57. The smallest absolute Gasteiger partial charge is 0.352 e. The molecule has 2 aromatic heterocycles. The highest BCUT2D eigenvalue weighted by atomic mass is 32.2. The van der Waals surface area contributed by atoms with Crippen molar-refractivity contribution in [2.75, 3.05) is 11.5 Å². The number of carbonyl (C=O) groups is 3. The number of hydrogen-bond acceptors (Lipinski definition) is 10. The number of fused-ring (bicyclic) bond motifs is 1. The number of halogens is 4. The number of aliphatic carboxylic acids is 1. The average molecular weight is 617 g/mol. The lowest BCUT2D eigenvalue weighted by molar-refractivity contribution is -0.148. The van der Waals surface area contributed by atoms with E-state index in [0.717, 1.165) is 9.91 Å². The van der Waals surface area contributed by atoms with E-state index < -0.39 is 64.8 Å². The highest BCUT2D eigenvalue weighted by Gasteiger charge is 2.54. The summed E-state index contributed by atoms with van der Waals surface area (Å²) in [6, 6.07) is 1.44. The van der Waals surface area contributed by atoms with Crippen molar-refractivity contribution >= 4 is 52.6 Å². The predicted octanol–water partition coefficient (Wildman–Crippen LogP) is 3.72. The fourth-order valence-electron chi connectivity index (χ4n) is 3.89. The molecule has 0 saturated carbocycles. The van der Waals surface area contributed by atoms with Gasteiger partial charge in [0.1, 0.15) is 34.5 Å². The first-order valence-electron chi connectivity index (χ1n) is 11.2. The minimum atomic E-state index is -1.73. The first-order chi connectivity index (χ1) is 19.0. The highest BCUT2D eigenvalue weighted by Crippen LogP contribution is 2.42. The third kappa shape index (κ3) is 5.27. The van der Waals surface area contributed by atoms with Crippen LogP contribution in [0.4, 0.5) is 17.6 Å². The van der Waals surface area contributed by atoms with Gasteiger partial charge >= 0.3 is 5.97 Å². The number of furan rings is 1. The molecule has 2 aliphatic rings. The summed E-state index contributed by atoms with van der Waals surface area (Å²) in [7, 11) is 0. The van der Waals surface area contributed by atoms with E-state index >= 15 is 0 Å². The summed E-state index contributed by atoms with van der Waals surface area (Å²) >= 11 is 3.97. The number of hydrogen-bond donors (Lipinski definition) is 2. The van der Waals surface area contributed by atoms with E-state index in [4.69, 9.17) is 9.15 Å². The number of nitrogens with one attached hydrogen (secondary N) is 1. The fourth-order valence-corrected chi connectivity index (χ4v) is 7.19. The van der Waals surface area contributed by atoms with E-state index in [1.54, 1.807) is 6.92 Å². The molecule has 1 fully saturated rings. The molecule has 10 nitrogen and oxygen atoms in total. The molecule has 40 heavy (non-hydrogen) atoms. The summed E-state index contributed by atoms with van der Waals surface area (Å²) in [6.45, 7) is 1.13. The lowest BCUT2D eigenvalue weighted by atomic mass is 10.0. The number of aryl methyl sites for hydroxylation is 1. The zero-order valence-electron chi connectivity index (χ0n) is 20.1. The summed E-state index contributed by atoms with van der Waals surface area (Å²) < 4.78 is 65.0. The zero-order chi connectivity index (χ0) is 28.7. The Kier molecular flexibility index (Phi) is 7.78. The van der Waals surface area contributed by atoms with Gasteiger partial charge in [0.05, 0.1) is 0 Å². The second-order valence-electron chi connectivity index (χ2n) is 8.35. The number of carboxylic acids is 1. The summed E-state index contributed by atoms with van der Waals surface area (Å²) in [4.78, 5) is 38.7. The van der Waals surface area contributed by atoms with Gasteiger partial charge in [-0.25, -0.2) is 13.6 Å². The molecule has 0 aliphatic carbocycles. The van der Waals surface area contributed by atoms with Crippen LogP contribution >= 0.6 is 34.9 Å². The number of rotatable bonds is 9. The normalized spacial score (nSPS) is 18.4. The Morgan fingerprint density at radius 1 is 1.23 bits per heavy atom. The third-order valence-electron chi connectivity index (χ3n) is 5.73. The monoisotopic (exact) mass is 616 g/mol. The molecule has 2 atom stereocenters. The van der Waals surface area contributed by atoms with Gasteiger partial charge in [0.2, 0.25) is 11.6 Å². The van der Waals surface area contributed by atoms with Gasteiger partial charge < -0.3 is 19.6 Å². The molecule has 1 aromatic carbocycles. The van der Waals surface area contributed by atoms with E-state index in [1.807, 2.05) is 0 Å². The number of amides is 2. The van der Waals surface area contributed by atoms with Crippen LogP contribution in [-0.4, -0.2) is 60.9 Å². The van der Waals surface area contributed by atoms with Gasteiger partial charge in [-0.3, -0.25) is 14.5 Å². The van der Waals surface area contributed by atoms with Gasteiger partial charge in [-0.15, -0.1) is 22.0 Å². The number of ether oxygens (including phenoxy) is 1. The first kappa shape index (κ1) is 28.0. The molecule has 0 radical (unpaired) electrons. The molecular formula is C23H16F4N4O6S3. The number of benzene rings is 1. The minimum absolute atomic E-state index is 0.0381. The Morgan fingerprint density at radius 3 is 2.60 bits per heavy atom. The molecule has 5 rings (SSSR count). The van der Waals surface area contributed by atoms with Crippen LogP contribution in [0.2, 0.25) is 0 Å². The van der Waals surface area contributed by atoms with Gasteiger partial charge in [0, 0.05) is 17.6 Å². The van der Waals surface area contributed by atoms with E-state index in [0.29, 0.717) is 21.4 Å². The van der Waals surface area contributed by atoms with Crippen LogP contribution < -0.4 is 10.1 Å². The number of carboxylic acid groups (broad SMARTS) is 1. The second-order valence-corrected chi connectivity index (χ2v) is 11.9. The molecule has 0 bridgehead atoms. The fraction of sp³-hybridized carbons (Fsp3) is 0.261. The maximum atomic E-state index is 13.8. The molecule has 0 unspecified atom stereocenters. The van der Waals surface area contributed by atoms with Crippen molar-refractivity contribution in [1.82, 2.24) is 20.4 Å². The van der Waals surface area contributed by atoms with Gasteiger partial charge in [0.15, 0.2) is 27.5 Å². The van der Waals surface area contributed by atoms with E-state index in [1.165, 1.54) is 47.0 Å². The molecule has 210 valence electrons. The van der Waals surface area contributed by atoms with Crippen molar-refractivity contribution in [2.24, 2.45) is 0 Å². The van der Waals surface area contributed by atoms with Crippen LogP contribution in [0.5, 0.6) is 5.75 Å². The maximum Gasteiger partial charge on any atom is 0.352 e. The molecule has 2 amide bonds. The Bertz CT molecular complexity index is 1530. The van der Waals surface area contributed by atoms with Gasteiger partial charge in [-0.1, -0.05) is 23.1 Å². The van der Waals surface area contributed by atoms with Crippen LogP contribution in [0.3, 0.4) is 0 Å². The van der Waals surface area contributed by atoms with Crippen molar-refractivity contribution < 1.29 is 46.2 Å². The van der Waals surface area contributed by atoms with E-state index in [9.17, 15) is 37.1 Å². The minimum Gasteiger partial charge on any atom is -0.479 e. The Morgan fingerprint density at radius 2 is 1.95 bits per heavy atom. The third-order valence-corrected chi connectivity index (χ3v) is 9.13. The van der Waals surface area contributed by atoms with Crippen LogP contribution in [0.1, 0.15) is 21.3 Å². The van der Waals surface area contributed by atoms with Crippen molar-refractivity contribution in [3.63, 3.8) is 0 Å². The number of thioether (sulfide) groups is 2. The molecule has 4 heterocycles.